The van der Waals surface area contributed by atoms with Gasteiger partial charge in [0.2, 0.25) is 0 Å². The van der Waals surface area contributed by atoms with Gasteiger partial charge < -0.3 is 9.69 Å². The molecule has 82 valence electrons. The number of hydrogen-bond acceptors (Lipinski definition) is 2. The van der Waals surface area contributed by atoms with E-state index in [4.69, 9.17) is 0 Å². The van der Waals surface area contributed by atoms with Crippen LogP contribution in [0, 0.1) is 0 Å². The SMILES string of the molecule is O=CCC1=CN(Cc2ccccc2)C=CC1. The fourth-order valence-electron chi connectivity index (χ4n) is 1.81. The van der Waals surface area contributed by atoms with E-state index in [2.05, 4.69) is 35.5 Å². The van der Waals surface area contributed by atoms with E-state index in [-0.39, 0.29) is 0 Å². The van der Waals surface area contributed by atoms with E-state index in [0.29, 0.717) is 6.42 Å². The molecule has 1 aromatic rings. The van der Waals surface area contributed by atoms with E-state index in [1.54, 1.807) is 0 Å². The van der Waals surface area contributed by atoms with Crippen molar-refractivity contribution in [3.63, 3.8) is 0 Å². The minimum absolute atomic E-state index is 0.537. The quantitative estimate of drug-likeness (QED) is 0.717. The highest BCUT2D eigenvalue weighted by molar-refractivity contribution is 5.54. The highest BCUT2D eigenvalue weighted by atomic mass is 16.1. The third-order valence-corrected chi connectivity index (χ3v) is 2.58. The van der Waals surface area contributed by atoms with Gasteiger partial charge in [-0.2, -0.15) is 0 Å². The summed E-state index contributed by atoms with van der Waals surface area (Å²) in [5.41, 5.74) is 2.45. The van der Waals surface area contributed by atoms with Crippen LogP contribution in [0.3, 0.4) is 0 Å². The molecule has 1 aliphatic rings. The summed E-state index contributed by atoms with van der Waals surface area (Å²) in [5, 5.41) is 0. The van der Waals surface area contributed by atoms with Crippen LogP contribution in [0.1, 0.15) is 18.4 Å². The summed E-state index contributed by atoms with van der Waals surface area (Å²) in [6, 6.07) is 10.3. The molecule has 0 N–H and O–H groups in total. The number of allylic oxidation sites excluding steroid dienone is 2. The zero-order valence-corrected chi connectivity index (χ0v) is 9.17. The molecule has 1 aliphatic heterocycles. The summed E-state index contributed by atoms with van der Waals surface area (Å²) < 4.78 is 0. The molecule has 2 rings (SSSR count). The monoisotopic (exact) mass is 213 g/mol. The van der Waals surface area contributed by atoms with Crippen molar-refractivity contribution in [2.24, 2.45) is 0 Å². The lowest BCUT2D eigenvalue weighted by molar-refractivity contribution is -0.107. The number of nitrogens with zero attached hydrogens (tertiary/aromatic N) is 1. The summed E-state index contributed by atoms with van der Waals surface area (Å²) >= 11 is 0. The van der Waals surface area contributed by atoms with Gasteiger partial charge in [0.1, 0.15) is 6.29 Å². The molecule has 0 amide bonds. The molecule has 0 aliphatic carbocycles. The second kappa shape index (κ2) is 5.31. The number of rotatable bonds is 4. The number of carbonyl (C=O) groups excluding carboxylic acids is 1. The Morgan fingerprint density at radius 1 is 1.25 bits per heavy atom. The van der Waals surface area contributed by atoms with Crippen LogP contribution in [0.25, 0.3) is 0 Å². The fourth-order valence-corrected chi connectivity index (χ4v) is 1.81. The molecule has 0 bridgehead atoms. The molecule has 2 heteroatoms. The first-order valence-electron chi connectivity index (χ1n) is 5.48. The number of hydrogen-bond donors (Lipinski definition) is 0. The van der Waals surface area contributed by atoms with Crippen LogP contribution in [-0.4, -0.2) is 11.2 Å². The zero-order valence-electron chi connectivity index (χ0n) is 9.17. The summed E-state index contributed by atoms with van der Waals surface area (Å²) in [6.07, 6.45) is 8.63. The molecule has 0 saturated carbocycles. The number of carbonyl (C=O) groups is 1. The van der Waals surface area contributed by atoms with E-state index < -0.39 is 0 Å². The van der Waals surface area contributed by atoms with E-state index >= 15 is 0 Å². The maximum absolute atomic E-state index is 10.5. The van der Waals surface area contributed by atoms with Gasteiger partial charge in [-0.15, -0.1) is 0 Å². The minimum Gasteiger partial charge on any atom is -0.350 e. The standard InChI is InChI=1S/C14H15NO/c16-10-8-14-7-4-9-15(12-14)11-13-5-2-1-3-6-13/h1-6,9-10,12H,7-8,11H2. The van der Waals surface area contributed by atoms with Crippen LogP contribution in [0.4, 0.5) is 0 Å². The van der Waals surface area contributed by atoms with Crippen molar-refractivity contribution in [3.05, 3.63) is 59.9 Å². The topological polar surface area (TPSA) is 20.3 Å². The Morgan fingerprint density at radius 2 is 2.06 bits per heavy atom. The zero-order chi connectivity index (χ0) is 11.2. The summed E-state index contributed by atoms with van der Waals surface area (Å²) in [4.78, 5) is 12.6. The molecule has 1 heterocycles. The Morgan fingerprint density at radius 3 is 2.81 bits per heavy atom. The lowest BCUT2D eigenvalue weighted by Gasteiger charge is -2.20. The second-order valence-corrected chi connectivity index (χ2v) is 3.90. The Balaban J connectivity index is 2.02. The first kappa shape index (κ1) is 10.7. The van der Waals surface area contributed by atoms with Crippen LogP contribution < -0.4 is 0 Å². The van der Waals surface area contributed by atoms with E-state index in [1.165, 1.54) is 11.1 Å². The lowest BCUT2D eigenvalue weighted by atomic mass is 10.1. The molecule has 16 heavy (non-hydrogen) atoms. The van der Waals surface area contributed by atoms with E-state index in [1.807, 2.05) is 18.2 Å². The Kier molecular flexibility index (Phi) is 3.54. The molecule has 0 saturated heterocycles. The molecule has 1 aromatic carbocycles. The molecular formula is C14H15NO. The molecule has 0 atom stereocenters. The summed E-state index contributed by atoms with van der Waals surface area (Å²) in [5.74, 6) is 0. The van der Waals surface area contributed by atoms with Crippen LogP contribution >= 0.6 is 0 Å². The van der Waals surface area contributed by atoms with Crippen molar-refractivity contribution in [3.8, 4) is 0 Å². The molecular weight excluding hydrogens is 198 g/mol. The number of aldehydes is 1. The maximum atomic E-state index is 10.5. The van der Waals surface area contributed by atoms with Crippen molar-refractivity contribution in [2.75, 3.05) is 0 Å². The summed E-state index contributed by atoms with van der Waals surface area (Å²) in [6.45, 7) is 0.861. The highest BCUT2D eigenvalue weighted by Gasteiger charge is 2.05. The first-order valence-corrected chi connectivity index (χ1v) is 5.48. The lowest BCUT2D eigenvalue weighted by Crippen LogP contribution is -2.13. The predicted molar refractivity (Wildman–Crippen MR) is 64.5 cm³/mol. The molecule has 0 aromatic heterocycles. The third kappa shape index (κ3) is 2.83. The first-order chi connectivity index (χ1) is 7.88. The van der Waals surface area contributed by atoms with Gasteiger partial charge in [0.05, 0.1) is 0 Å². The smallest absolute Gasteiger partial charge is 0.124 e. The highest BCUT2D eigenvalue weighted by Crippen LogP contribution is 2.16. The Hall–Kier alpha value is -1.83. The van der Waals surface area contributed by atoms with Gasteiger partial charge in [0.25, 0.3) is 0 Å². The van der Waals surface area contributed by atoms with Gasteiger partial charge in [0, 0.05) is 25.4 Å². The van der Waals surface area contributed by atoms with Crippen LogP contribution in [0.15, 0.2) is 54.4 Å². The van der Waals surface area contributed by atoms with Crippen LogP contribution in [0.2, 0.25) is 0 Å². The Bertz CT molecular complexity index is 402. The fraction of sp³-hybridized carbons (Fsp3) is 0.214. The minimum atomic E-state index is 0.537. The molecule has 0 fully saturated rings. The van der Waals surface area contributed by atoms with Gasteiger partial charge >= 0.3 is 0 Å². The predicted octanol–water partition coefficient (Wildman–Crippen LogP) is 2.88. The van der Waals surface area contributed by atoms with Crippen LogP contribution in [0.5, 0.6) is 0 Å². The van der Waals surface area contributed by atoms with Crippen molar-refractivity contribution in [1.82, 2.24) is 4.90 Å². The molecule has 0 unspecified atom stereocenters. The van der Waals surface area contributed by atoms with Gasteiger partial charge in [-0.1, -0.05) is 36.4 Å². The van der Waals surface area contributed by atoms with Crippen molar-refractivity contribution in [1.29, 1.82) is 0 Å². The largest absolute Gasteiger partial charge is 0.350 e. The van der Waals surface area contributed by atoms with Gasteiger partial charge in [-0.3, -0.25) is 0 Å². The van der Waals surface area contributed by atoms with Gasteiger partial charge in [-0.05, 0) is 17.6 Å². The normalized spacial score (nSPS) is 14.8. The maximum Gasteiger partial charge on any atom is 0.124 e. The third-order valence-electron chi connectivity index (χ3n) is 2.58. The molecule has 0 radical (unpaired) electrons. The average Bonchev–Trinajstić information content (AvgIpc) is 2.31. The summed E-state index contributed by atoms with van der Waals surface area (Å²) in [7, 11) is 0. The van der Waals surface area contributed by atoms with Crippen molar-refractivity contribution < 1.29 is 4.79 Å². The van der Waals surface area contributed by atoms with E-state index in [9.17, 15) is 4.79 Å². The van der Waals surface area contributed by atoms with Gasteiger partial charge in [0.15, 0.2) is 0 Å². The Labute approximate surface area is 95.9 Å². The average molecular weight is 213 g/mol. The molecule has 2 nitrogen and oxygen atoms in total. The second-order valence-electron chi connectivity index (χ2n) is 3.90. The van der Waals surface area contributed by atoms with Gasteiger partial charge in [-0.25, -0.2) is 0 Å². The number of benzene rings is 1. The van der Waals surface area contributed by atoms with E-state index in [0.717, 1.165) is 19.3 Å². The van der Waals surface area contributed by atoms with Crippen molar-refractivity contribution in [2.45, 2.75) is 19.4 Å². The van der Waals surface area contributed by atoms with Crippen molar-refractivity contribution >= 4 is 6.29 Å². The van der Waals surface area contributed by atoms with Crippen LogP contribution in [-0.2, 0) is 11.3 Å². The molecule has 0 spiro atoms.